The number of hydrogen-bond donors (Lipinski definition) is 0. The van der Waals surface area contributed by atoms with Gasteiger partial charge in [0.1, 0.15) is 16.9 Å². The summed E-state index contributed by atoms with van der Waals surface area (Å²) in [4.78, 5) is 49.2. The largest absolute Gasteiger partial charge is 0.493 e. The molecule has 208 valence electrons. The zero-order valence-corrected chi connectivity index (χ0v) is 22.6. The zero-order valence-electron chi connectivity index (χ0n) is 22.6. The van der Waals surface area contributed by atoms with E-state index in [-0.39, 0.29) is 47.7 Å². The van der Waals surface area contributed by atoms with Gasteiger partial charge in [-0.2, -0.15) is 4.99 Å². The molecule has 40 heavy (non-hydrogen) atoms. The van der Waals surface area contributed by atoms with Gasteiger partial charge in [0.2, 0.25) is 0 Å². The molecule has 3 aromatic heterocycles. The van der Waals surface area contributed by atoms with E-state index in [2.05, 4.69) is 4.99 Å². The first kappa shape index (κ1) is 27.1. The predicted octanol–water partition coefficient (Wildman–Crippen LogP) is 2.69. The van der Waals surface area contributed by atoms with Crippen molar-refractivity contribution in [2.24, 2.45) is 4.99 Å². The van der Waals surface area contributed by atoms with E-state index in [1.54, 1.807) is 54.1 Å². The highest BCUT2D eigenvalue weighted by atomic mass is 16.5. The maximum atomic E-state index is 13.5. The van der Waals surface area contributed by atoms with Crippen LogP contribution in [0.1, 0.15) is 35.7 Å². The zero-order chi connectivity index (χ0) is 28.2. The lowest BCUT2D eigenvalue weighted by Crippen LogP contribution is -2.35. The van der Waals surface area contributed by atoms with E-state index in [1.807, 2.05) is 0 Å². The number of esters is 1. The van der Waals surface area contributed by atoms with Crippen LogP contribution in [-0.2, 0) is 27.2 Å². The van der Waals surface area contributed by atoms with Crippen LogP contribution in [0.4, 0.5) is 0 Å². The molecule has 1 aliphatic rings. The summed E-state index contributed by atoms with van der Waals surface area (Å²) < 4.78 is 24.9. The van der Waals surface area contributed by atoms with Gasteiger partial charge in [-0.1, -0.05) is 12.1 Å². The number of nitrogens with zero attached hydrogens (tertiary/aromatic N) is 4. The van der Waals surface area contributed by atoms with Crippen molar-refractivity contribution in [3.8, 4) is 11.5 Å². The molecule has 5 rings (SSSR count). The summed E-state index contributed by atoms with van der Waals surface area (Å²) in [5.74, 6) is -0.180. The fourth-order valence-corrected chi connectivity index (χ4v) is 4.85. The molecule has 1 saturated heterocycles. The lowest BCUT2D eigenvalue weighted by atomic mass is 10.1. The second kappa shape index (κ2) is 11.7. The van der Waals surface area contributed by atoms with Crippen molar-refractivity contribution >= 4 is 28.6 Å². The smallest absolute Gasteiger partial charge is 0.341 e. The van der Waals surface area contributed by atoms with Crippen molar-refractivity contribution in [1.29, 1.82) is 0 Å². The molecule has 1 aliphatic heterocycles. The van der Waals surface area contributed by atoms with E-state index in [9.17, 15) is 14.4 Å². The topological polar surface area (TPSA) is 123 Å². The third-order valence-corrected chi connectivity index (χ3v) is 6.73. The van der Waals surface area contributed by atoms with Gasteiger partial charge in [-0.3, -0.25) is 14.0 Å². The van der Waals surface area contributed by atoms with Crippen LogP contribution in [0.3, 0.4) is 0 Å². The normalized spacial score (nSPS) is 15.5. The van der Waals surface area contributed by atoms with Crippen LogP contribution in [0.5, 0.6) is 11.5 Å². The van der Waals surface area contributed by atoms with E-state index in [4.69, 9.17) is 23.9 Å². The van der Waals surface area contributed by atoms with E-state index in [0.29, 0.717) is 35.0 Å². The fourth-order valence-electron chi connectivity index (χ4n) is 4.85. The van der Waals surface area contributed by atoms with Crippen molar-refractivity contribution in [3.63, 3.8) is 0 Å². The van der Waals surface area contributed by atoms with Gasteiger partial charge in [0.25, 0.3) is 11.5 Å². The lowest BCUT2D eigenvalue weighted by molar-refractivity contribution is -0.117. The number of benzene rings is 1. The maximum absolute atomic E-state index is 13.5. The minimum atomic E-state index is -0.694. The number of fused-ring (bicyclic) bond motifs is 2. The molecule has 11 nitrogen and oxygen atoms in total. The molecule has 1 aromatic carbocycles. The van der Waals surface area contributed by atoms with E-state index in [1.165, 1.54) is 24.7 Å². The van der Waals surface area contributed by atoms with E-state index in [0.717, 1.165) is 12.8 Å². The Kier molecular flexibility index (Phi) is 7.92. The fraction of sp³-hybridized carbons (Fsp3) is 0.345. The maximum Gasteiger partial charge on any atom is 0.341 e. The Hall–Kier alpha value is -4.51. The number of pyridine rings is 2. The Morgan fingerprint density at radius 1 is 1.12 bits per heavy atom. The van der Waals surface area contributed by atoms with E-state index >= 15 is 0 Å². The second-order valence-corrected chi connectivity index (χ2v) is 9.30. The summed E-state index contributed by atoms with van der Waals surface area (Å²) in [5.41, 5.74) is 1.10. The Bertz CT molecular complexity index is 1720. The standard InChI is InChI=1S/C29H30N4O7/c1-4-39-29(36)21-16-20-26(30-24-9-5-6-12-32(24)28(20)35)33(17-19-8-7-13-40-19)27(21)31-25(34)15-18-10-11-22(37-2)23(14-18)38-3/h5-6,9-12,14,16,19H,4,7-8,13,15,17H2,1-3H3/t19-/m1/s1. The number of ether oxygens (including phenoxy) is 4. The van der Waals surface area contributed by atoms with Gasteiger partial charge in [0, 0.05) is 12.8 Å². The SMILES string of the molecule is CCOC(=O)c1cc2c(=O)n3ccccc3nc2n(C[C@H]2CCCO2)c1=NC(=O)Cc1ccc(OC)c(OC)c1. The lowest BCUT2D eigenvalue weighted by Gasteiger charge is -2.18. The van der Waals surface area contributed by atoms with Crippen LogP contribution < -0.4 is 20.5 Å². The number of rotatable bonds is 8. The average Bonchev–Trinajstić information content (AvgIpc) is 3.48. The van der Waals surface area contributed by atoms with Crippen molar-refractivity contribution in [3.05, 3.63) is 75.6 Å². The van der Waals surface area contributed by atoms with Gasteiger partial charge < -0.3 is 23.5 Å². The number of carbonyl (C=O) groups is 2. The average molecular weight is 547 g/mol. The summed E-state index contributed by atoms with van der Waals surface area (Å²) >= 11 is 0. The monoisotopic (exact) mass is 546 g/mol. The Balaban J connectivity index is 1.73. The Morgan fingerprint density at radius 2 is 1.95 bits per heavy atom. The minimum absolute atomic E-state index is 0.00258. The van der Waals surface area contributed by atoms with Gasteiger partial charge in [-0.05, 0) is 55.7 Å². The number of hydrogen-bond acceptors (Lipinski definition) is 8. The van der Waals surface area contributed by atoms with Crippen LogP contribution in [0.2, 0.25) is 0 Å². The highest BCUT2D eigenvalue weighted by Gasteiger charge is 2.24. The summed E-state index contributed by atoms with van der Waals surface area (Å²) in [5, 5.41) is 0.205. The Morgan fingerprint density at radius 3 is 2.67 bits per heavy atom. The molecule has 0 saturated carbocycles. The predicted molar refractivity (Wildman–Crippen MR) is 146 cm³/mol. The molecular weight excluding hydrogens is 516 g/mol. The number of carbonyl (C=O) groups excluding carboxylic acids is 2. The Labute approximate surface area is 229 Å². The highest BCUT2D eigenvalue weighted by Crippen LogP contribution is 2.27. The van der Waals surface area contributed by atoms with Crippen LogP contribution in [-0.4, -0.2) is 59.4 Å². The molecule has 1 fully saturated rings. The molecule has 0 aliphatic carbocycles. The third-order valence-electron chi connectivity index (χ3n) is 6.73. The van der Waals surface area contributed by atoms with Crippen molar-refractivity contribution in [1.82, 2.24) is 14.0 Å². The molecule has 1 atom stereocenters. The third kappa shape index (κ3) is 5.32. The van der Waals surface area contributed by atoms with Crippen LogP contribution >= 0.6 is 0 Å². The molecule has 0 spiro atoms. The van der Waals surface area contributed by atoms with Gasteiger partial charge in [0.05, 0.1) is 45.3 Å². The molecule has 0 unspecified atom stereocenters. The number of methoxy groups -OCH3 is 2. The molecular formula is C29H30N4O7. The molecule has 0 bridgehead atoms. The first-order valence-electron chi connectivity index (χ1n) is 13.1. The quantitative estimate of drug-likeness (QED) is 0.244. The van der Waals surface area contributed by atoms with Crippen LogP contribution in [0.15, 0.2) is 58.4 Å². The first-order valence-corrected chi connectivity index (χ1v) is 13.1. The molecule has 4 aromatic rings. The molecule has 11 heteroatoms. The van der Waals surface area contributed by atoms with Gasteiger partial charge in [0.15, 0.2) is 17.0 Å². The molecule has 1 amide bonds. The van der Waals surface area contributed by atoms with Gasteiger partial charge in [-0.15, -0.1) is 0 Å². The summed E-state index contributed by atoms with van der Waals surface area (Å²) in [6, 6.07) is 11.8. The summed E-state index contributed by atoms with van der Waals surface area (Å²) in [6.45, 7) is 2.64. The minimum Gasteiger partial charge on any atom is -0.493 e. The van der Waals surface area contributed by atoms with Crippen molar-refractivity contribution in [2.45, 2.75) is 38.8 Å². The van der Waals surface area contributed by atoms with Crippen LogP contribution in [0, 0.1) is 0 Å². The van der Waals surface area contributed by atoms with Crippen molar-refractivity contribution < 1.29 is 28.5 Å². The molecule has 0 radical (unpaired) electrons. The molecule has 0 N–H and O–H groups in total. The van der Waals surface area contributed by atoms with Gasteiger partial charge >= 0.3 is 5.97 Å². The summed E-state index contributed by atoms with van der Waals surface area (Å²) in [7, 11) is 3.05. The van der Waals surface area contributed by atoms with Crippen molar-refractivity contribution in [2.75, 3.05) is 27.4 Å². The summed E-state index contributed by atoms with van der Waals surface area (Å²) in [6.07, 6.45) is 3.02. The van der Waals surface area contributed by atoms with Gasteiger partial charge in [-0.25, -0.2) is 9.78 Å². The first-order chi connectivity index (χ1) is 19.4. The highest BCUT2D eigenvalue weighted by molar-refractivity contribution is 5.94. The second-order valence-electron chi connectivity index (χ2n) is 9.30. The van der Waals surface area contributed by atoms with Crippen LogP contribution in [0.25, 0.3) is 16.7 Å². The van der Waals surface area contributed by atoms with E-state index < -0.39 is 11.9 Å². The number of aromatic nitrogens is 3. The number of amides is 1. The molecule has 4 heterocycles.